The molecular formula is C20H29N5O. The van der Waals surface area contributed by atoms with Crippen LogP contribution in [0.4, 0.5) is 5.95 Å². The summed E-state index contributed by atoms with van der Waals surface area (Å²) < 4.78 is 0. The fourth-order valence-corrected chi connectivity index (χ4v) is 5.70. The molecule has 0 radical (unpaired) electrons. The molecule has 140 valence electrons. The van der Waals surface area contributed by atoms with Crippen LogP contribution in [0.25, 0.3) is 0 Å². The molecule has 1 amide bonds. The average Bonchev–Trinajstić information content (AvgIpc) is 3.37. The molecular weight excluding hydrogens is 326 g/mol. The number of amides is 1. The van der Waals surface area contributed by atoms with E-state index in [4.69, 9.17) is 0 Å². The second kappa shape index (κ2) is 5.91. The van der Waals surface area contributed by atoms with Gasteiger partial charge in [0.25, 0.3) is 0 Å². The maximum absolute atomic E-state index is 13.3. The molecule has 1 atom stereocenters. The molecule has 0 aromatic carbocycles. The minimum absolute atomic E-state index is 0.0775. The molecule has 6 heteroatoms. The SMILES string of the molecule is CN1CCC2(CN(c3ncccn3)CC23CCN(CC2CC2)CC3)C1=O. The number of hydrogen-bond acceptors (Lipinski definition) is 5. The van der Waals surface area contributed by atoms with Crippen LogP contribution in [0.3, 0.4) is 0 Å². The normalized spacial score (nSPS) is 31.5. The van der Waals surface area contributed by atoms with E-state index in [1.165, 1.54) is 19.4 Å². The Kier molecular flexibility index (Phi) is 3.75. The highest BCUT2D eigenvalue weighted by atomic mass is 16.2. The zero-order valence-electron chi connectivity index (χ0n) is 15.7. The third-order valence-corrected chi connectivity index (χ3v) is 7.46. The van der Waals surface area contributed by atoms with Crippen LogP contribution in [0.2, 0.25) is 0 Å². The van der Waals surface area contributed by atoms with Crippen LogP contribution in [0, 0.1) is 16.7 Å². The van der Waals surface area contributed by atoms with Crippen LogP contribution >= 0.6 is 0 Å². The summed E-state index contributed by atoms with van der Waals surface area (Å²) in [7, 11) is 1.97. The summed E-state index contributed by atoms with van der Waals surface area (Å²) in [5.41, 5.74) is -0.166. The molecule has 2 spiro atoms. The largest absolute Gasteiger partial charge is 0.345 e. The number of carbonyl (C=O) groups is 1. The second-order valence-electron chi connectivity index (χ2n) is 8.99. The van der Waals surface area contributed by atoms with E-state index in [-0.39, 0.29) is 10.8 Å². The molecule has 5 rings (SSSR count). The fraction of sp³-hybridized carbons (Fsp3) is 0.750. The van der Waals surface area contributed by atoms with Gasteiger partial charge in [0.05, 0.1) is 5.41 Å². The molecule has 3 aliphatic heterocycles. The molecule has 1 saturated carbocycles. The van der Waals surface area contributed by atoms with Gasteiger partial charge in [-0.2, -0.15) is 0 Å². The maximum Gasteiger partial charge on any atom is 0.231 e. The van der Waals surface area contributed by atoms with Crippen LogP contribution in [0.15, 0.2) is 18.5 Å². The monoisotopic (exact) mass is 355 g/mol. The predicted molar refractivity (Wildman–Crippen MR) is 99.8 cm³/mol. The molecule has 4 aliphatic rings. The lowest BCUT2D eigenvalue weighted by Crippen LogP contribution is -2.52. The fourth-order valence-electron chi connectivity index (χ4n) is 5.70. The van der Waals surface area contributed by atoms with Gasteiger partial charge in [-0.15, -0.1) is 0 Å². The van der Waals surface area contributed by atoms with Crippen molar-refractivity contribution in [1.82, 2.24) is 19.8 Å². The first-order chi connectivity index (χ1) is 12.6. The van der Waals surface area contributed by atoms with E-state index in [9.17, 15) is 4.79 Å². The van der Waals surface area contributed by atoms with E-state index < -0.39 is 0 Å². The summed E-state index contributed by atoms with van der Waals surface area (Å²) in [6.07, 6.45) is 9.67. The van der Waals surface area contributed by atoms with E-state index in [2.05, 4.69) is 19.8 Å². The standard InChI is InChI=1S/C20H29N5O/c1-23-10-7-20(17(23)26)15-25(18-21-8-2-9-22-18)14-19(20)5-11-24(12-6-19)13-16-3-4-16/h2,8-9,16H,3-7,10-15H2,1H3. The topological polar surface area (TPSA) is 52.6 Å². The number of nitrogens with zero attached hydrogens (tertiary/aromatic N) is 5. The van der Waals surface area contributed by atoms with Gasteiger partial charge in [-0.1, -0.05) is 0 Å². The van der Waals surface area contributed by atoms with Gasteiger partial charge >= 0.3 is 0 Å². The zero-order valence-corrected chi connectivity index (χ0v) is 15.7. The van der Waals surface area contributed by atoms with Gasteiger partial charge in [0.15, 0.2) is 0 Å². The Balaban J connectivity index is 1.43. The smallest absolute Gasteiger partial charge is 0.231 e. The third kappa shape index (κ3) is 2.45. The van der Waals surface area contributed by atoms with Crippen molar-refractivity contribution in [3.63, 3.8) is 0 Å². The lowest BCUT2D eigenvalue weighted by atomic mass is 9.60. The third-order valence-electron chi connectivity index (χ3n) is 7.46. The van der Waals surface area contributed by atoms with Crippen molar-refractivity contribution in [2.45, 2.75) is 32.1 Å². The summed E-state index contributed by atoms with van der Waals surface area (Å²) in [5, 5.41) is 0. The lowest BCUT2D eigenvalue weighted by molar-refractivity contribution is -0.141. The van der Waals surface area contributed by atoms with Gasteiger partial charge in [0, 0.05) is 51.0 Å². The summed E-state index contributed by atoms with van der Waals surface area (Å²) in [6, 6.07) is 1.86. The molecule has 0 bridgehead atoms. The zero-order chi connectivity index (χ0) is 17.8. The highest BCUT2D eigenvalue weighted by Crippen LogP contribution is 2.58. The first-order valence-electron chi connectivity index (χ1n) is 10.1. The summed E-state index contributed by atoms with van der Waals surface area (Å²) in [6.45, 7) is 6.13. The molecule has 1 aliphatic carbocycles. The van der Waals surface area contributed by atoms with E-state index in [0.717, 1.165) is 63.9 Å². The summed E-state index contributed by atoms with van der Waals surface area (Å²) in [5.74, 6) is 2.08. The van der Waals surface area contributed by atoms with E-state index >= 15 is 0 Å². The molecule has 1 aromatic heterocycles. The average molecular weight is 355 g/mol. The number of hydrogen-bond donors (Lipinski definition) is 0. The highest BCUT2D eigenvalue weighted by molar-refractivity contribution is 5.87. The molecule has 1 unspecified atom stereocenters. The minimum Gasteiger partial charge on any atom is -0.345 e. The molecule has 1 aromatic rings. The molecule has 0 N–H and O–H groups in total. The number of fused-ring (bicyclic) bond motifs is 1. The van der Waals surface area contributed by atoms with Crippen molar-refractivity contribution < 1.29 is 4.79 Å². The molecule has 4 heterocycles. The highest BCUT2D eigenvalue weighted by Gasteiger charge is 2.65. The first kappa shape index (κ1) is 16.5. The van der Waals surface area contributed by atoms with Crippen molar-refractivity contribution in [2.24, 2.45) is 16.7 Å². The first-order valence-corrected chi connectivity index (χ1v) is 10.1. The van der Waals surface area contributed by atoms with Crippen molar-refractivity contribution in [3.05, 3.63) is 18.5 Å². The quantitative estimate of drug-likeness (QED) is 0.825. The maximum atomic E-state index is 13.3. The molecule has 3 saturated heterocycles. The molecule has 6 nitrogen and oxygen atoms in total. The lowest BCUT2D eigenvalue weighted by Gasteiger charge is -2.46. The molecule has 26 heavy (non-hydrogen) atoms. The summed E-state index contributed by atoms with van der Waals surface area (Å²) >= 11 is 0. The van der Waals surface area contributed by atoms with Gasteiger partial charge in [-0.05, 0) is 57.2 Å². The van der Waals surface area contributed by atoms with Crippen molar-refractivity contribution >= 4 is 11.9 Å². The van der Waals surface area contributed by atoms with Crippen LogP contribution in [-0.4, -0.2) is 72.0 Å². The summed E-state index contributed by atoms with van der Waals surface area (Å²) in [4.78, 5) is 29.1. The van der Waals surface area contributed by atoms with Crippen LogP contribution in [-0.2, 0) is 4.79 Å². The van der Waals surface area contributed by atoms with E-state index in [0.29, 0.717) is 5.91 Å². The Hall–Kier alpha value is -1.69. The van der Waals surface area contributed by atoms with Gasteiger partial charge in [0.2, 0.25) is 11.9 Å². The van der Waals surface area contributed by atoms with Crippen molar-refractivity contribution in [1.29, 1.82) is 0 Å². The Morgan fingerprint density at radius 2 is 1.81 bits per heavy atom. The van der Waals surface area contributed by atoms with Gasteiger partial charge in [0.1, 0.15) is 0 Å². The number of piperidine rings is 1. The van der Waals surface area contributed by atoms with Crippen LogP contribution in [0.1, 0.15) is 32.1 Å². The van der Waals surface area contributed by atoms with Gasteiger partial charge in [-0.3, -0.25) is 4.79 Å². The predicted octanol–water partition coefficient (Wildman–Crippen LogP) is 1.64. The number of aromatic nitrogens is 2. The molecule has 4 fully saturated rings. The van der Waals surface area contributed by atoms with E-state index in [1.54, 1.807) is 12.4 Å². The van der Waals surface area contributed by atoms with Crippen LogP contribution < -0.4 is 4.90 Å². The number of likely N-dealkylation sites (tertiary alicyclic amines) is 2. The van der Waals surface area contributed by atoms with Crippen LogP contribution in [0.5, 0.6) is 0 Å². The Morgan fingerprint density at radius 3 is 2.42 bits per heavy atom. The minimum atomic E-state index is -0.243. The Morgan fingerprint density at radius 1 is 1.08 bits per heavy atom. The number of anilines is 1. The second-order valence-corrected chi connectivity index (χ2v) is 8.99. The van der Waals surface area contributed by atoms with Gasteiger partial charge in [-0.25, -0.2) is 9.97 Å². The Bertz CT molecular complexity index is 683. The number of carbonyl (C=O) groups excluding carboxylic acids is 1. The number of rotatable bonds is 3. The van der Waals surface area contributed by atoms with Crippen molar-refractivity contribution in [3.8, 4) is 0 Å². The van der Waals surface area contributed by atoms with E-state index in [1.807, 2.05) is 18.0 Å². The van der Waals surface area contributed by atoms with Crippen molar-refractivity contribution in [2.75, 3.05) is 51.2 Å². The van der Waals surface area contributed by atoms with Gasteiger partial charge < -0.3 is 14.7 Å². The Labute approximate surface area is 155 Å².